The fraction of sp³-hybridized carbons (Fsp3) is 0.273. The Morgan fingerprint density at radius 3 is 2.10 bits per heavy atom. The van der Waals surface area contributed by atoms with Gasteiger partial charge in [0.15, 0.2) is 6.04 Å². The predicted molar refractivity (Wildman–Crippen MR) is 68.4 cm³/mol. The van der Waals surface area contributed by atoms with Gasteiger partial charge in [0.05, 0.1) is 11.0 Å². The molecule has 2 unspecified atom stereocenters. The Balaban J connectivity index is 2.91. The monoisotopic (exact) mass is 302 g/mol. The number of carboxylic acids is 1. The number of aliphatic hydroxyl groups excluding tert-OH is 1. The molecule has 110 valence electrons. The number of aliphatic carboxylic acids is 1. The van der Waals surface area contributed by atoms with Crippen LogP contribution in [0.2, 0.25) is 0 Å². The zero-order valence-electron chi connectivity index (χ0n) is 10.5. The van der Waals surface area contributed by atoms with E-state index >= 15 is 0 Å². The number of carbonyl (C=O) groups excluding carboxylic acids is 1. The second-order valence-corrected chi connectivity index (χ2v) is 5.66. The summed E-state index contributed by atoms with van der Waals surface area (Å²) < 4.78 is 22.1. The third kappa shape index (κ3) is 4.02. The van der Waals surface area contributed by atoms with Crippen LogP contribution in [0.25, 0.3) is 0 Å². The lowest BCUT2D eigenvalue weighted by Crippen LogP contribution is -2.47. The number of nitrogens with one attached hydrogen (secondary N) is 1. The minimum Gasteiger partial charge on any atom is -0.480 e. The number of sulfonamides is 1. The Labute approximate surface area is 115 Å². The summed E-state index contributed by atoms with van der Waals surface area (Å²) in [4.78, 5) is 22.4. The van der Waals surface area contributed by atoms with E-state index in [2.05, 4.69) is 5.32 Å². The molecule has 0 aliphatic heterocycles. The van der Waals surface area contributed by atoms with Crippen LogP contribution >= 0.6 is 0 Å². The van der Waals surface area contributed by atoms with Gasteiger partial charge in [0.2, 0.25) is 10.0 Å². The Bertz CT molecular complexity index is 608. The van der Waals surface area contributed by atoms with E-state index in [-0.39, 0.29) is 10.5 Å². The maximum absolute atomic E-state index is 11.8. The number of hydrogen-bond acceptors (Lipinski definition) is 5. The van der Waals surface area contributed by atoms with Crippen molar-refractivity contribution in [1.29, 1.82) is 0 Å². The number of carbonyl (C=O) groups is 2. The Morgan fingerprint density at radius 2 is 1.75 bits per heavy atom. The predicted octanol–water partition coefficient (Wildman–Crippen LogP) is -1.10. The molecule has 0 aliphatic rings. The van der Waals surface area contributed by atoms with Gasteiger partial charge in [-0.2, -0.15) is 0 Å². The number of hydrogen-bond donors (Lipinski definition) is 4. The second kappa shape index (κ2) is 5.99. The van der Waals surface area contributed by atoms with Crippen molar-refractivity contribution in [3.8, 4) is 0 Å². The number of carboxylic acid groups (broad SMARTS) is 1. The van der Waals surface area contributed by atoms with Gasteiger partial charge in [-0.15, -0.1) is 0 Å². The van der Waals surface area contributed by atoms with E-state index in [0.717, 1.165) is 12.1 Å². The van der Waals surface area contributed by atoms with Crippen molar-refractivity contribution in [2.45, 2.75) is 24.0 Å². The highest BCUT2D eigenvalue weighted by molar-refractivity contribution is 7.89. The van der Waals surface area contributed by atoms with Gasteiger partial charge >= 0.3 is 5.97 Å². The fourth-order valence-electron chi connectivity index (χ4n) is 1.41. The van der Waals surface area contributed by atoms with E-state index in [1.807, 2.05) is 0 Å². The maximum Gasteiger partial charge on any atom is 0.328 e. The van der Waals surface area contributed by atoms with Crippen molar-refractivity contribution in [1.82, 2.24) is 5.32 Å². The molecule has 9 heteroatoms. The van der Waals surface area contributed by atoms with E-state index in [1.165, 1.54) is 19.1 Å². The van der Waals surface area contributed by atoms with Gasteiger partial charge in [-0.1, -0.05) is 0 Å². The molecule has 0 fully saturated rings. The summed E-state index contributed by atoms with van der Waals surface area (Å²) in [6.45, 7) is 1.23. The van der Waals surface area contributed by atoms with E-state index in [1.54, 1.807) is 0 Å². The quantitative estimate of drug-likeness (QED) is 0.542. The standard InChI is InChI=1S/C11H14N2O6S/c1-6(14)9(11(16)17)13-10(15)7-2-4-8(5-3-7)20(12,18)19/h2-6,9,14H,1H3,(H,13,15)(H,16,17)(H2,12,18,19). The third-order valence-electron chi connectivity index (χ3n) is 2.48. The molecule has 0 saturated carbocycles. The summed E-state index contributed by atoms with van der Waals surface area (Å²) in [6, 6.07) is 3.18. The molecule has 2 atom stereocenters. The lowest BCUT2D eigenvalue weighted by Gasteiger charge is -2.17. The number of benzene rings is 1. The third-order valence-corrected chi connectivity index (χ3v) is 3.41. The highest BCUT2D eigenvalue weighted by Gasteiger charge is 2.25. The van der Waals surface area contributed by atoms with E-state index in [4.69, 9.17) is 10.2 Å². The van der Waals surface area contributed by atoms with Crippen LogP contribution in [0.15, 0.2) is 29.2 Å². The lowest BCUT2D eigenvalue weighted by molar-refractivity contribution is -0.141. The highest BCUT2D eigenvalue weighted by Crippen LogP contribution is 2.09. The zero-order valence-corrected chi connectivity index (χ0v) is 11.3. The minimum atomic E-state index is -3.86. The molecule has 1 aromatic carbocycles. The summed E-state index contributed by atoms with van der Waals surface area (Å²) in [5.41, 5.74) is 0.0456. The zero-order chi connectivity index (χ0) is 15.5. The first-order valence-corrected chi connectivity index (χ1v) is 7.02. The summed E-state index contributed by atoms with van der Waals surface area (Å²) in [6.07, 6.45) is -1.28. The summed E-state index contributed by atoms with van der Waals surface area (Å²) in [7, 11) is -3.86. The van der Waals surface area contributed by atoms with Gasteiger partial charge in [0, 0.05) is 5.56 Å². The first-order valence-electron chi connectivity index (χ1n) is 5.47. The largest absolute Gasteiger partial charge is 0.480 e. The van der Waals surface area contributed by atoms with Crippen molar-refractivity contribution in [2.24, 2.45) is 5.14 Å². The number of nitrogens with two attached hydrogens (primary N) is 1. The van der Waals surface area contributed by atoms with E-state index in [9.17, 15) is 23.1 Å². The van der Waals surface area contributed by atoms with Crippen LogP contribution < -0.4 is 10.5 Å². The van der Waals surface area contributed by atoms with Gasteiger partial charge in [-0.25, -0.2) is 18.4 Å². The SMILES string of the molecule is CC(O)C(NC(=O)c1ccc(S(N)(=O)=O)cc1)C(=O)O. The molecule has 0 aromatic heterocycles. The first kappa shape index (κ1) is 16.1. The average molecular weight is 302 g/mol. The number of primary sulfonamides is 1. The van der Waals surface area contributed by atoms with Crippen molar-refractivity contribution in [2.75, 3.05) is 0 Å². The fourth-order valence-corrected chi connectivity index (χ4v) is 1.92. The van der Waals surface area contributed by atoms with Gasteiger partial charge in [0.1, 0.15) is 0 Å². The van der Waals surface area contributed by atoms with Crippen LogP contribution in [0.5, 0.6) is 0 Å². The molecule has 0 saturated heterocycles. The summed E-state index contributed by atoms with van der Waals surface area (Å²) in [5, 5.41) is 25.1. The van der Waals surface area contributed by atoms with Gasteiger partial charge < -0.3 is 15.5 Å². The number of amides is 1. The minimum absolute atomic E-state index is 0.0456. The molecule has 1 rings (SSSR count). The summed E-state index contributed by atoms with van der Waals surface area (Å²) >= 11 is 0. The molecule has 0 spiro atoms. The molecule has 20 heavy (non-hydrogen) atoms. The average Bonchev–Trinajstić information content (AvgIpc) is 2.34. The lowest BCUT2D eigenvalue weighted by atomic mass is 10.1. The molecule has 0 aliphatic carbocycles. The summed E-state index contributed by atoms with van der Waals surface area (Å²) in [5.74, 6) is -2.13. The first-order chi connectivity index (χ1) is 9.12. The van der Waals surface area contributed by atoms with Crippen LogP contribution in [0.3, 0.4) is 0 Å². The molecular formula is C11H14N2O6S. The Morgan fingerprint density at radius 1 is 1.25 bits per heavy atom. The van der Waals surface area contributed by atoms with Crippen LogP contribution in [0, 0.1) is 0 Å². The smallest absolute Gasteiger partial charge is 0.328 e. The molecule has 0 bridgehead atoms. The Kier molecular flexibility index (Phi) is 4.82. The van der Waals surface area contributed by atoms with Crippen molar-refractivity contribution >= 4 is 21.9 Å². The molecular weight excluding hydrogens is 288 g/mol. The van der Waals surface area contributed by atoms with Crippen molar-refractivity contribution in [3.63, 3.8) is 0 Å². The maximum atomic E-state index is 11.8. The molecule has 1 amide bonds. The molecule has 0 heterocycles. The number of rotatable bonds is 5. The molecule has 8 nitrogen and oxygen atoms in total. The van der Waals surface area contributed by atoms with Crippen LogP contribution in [-0.2, 0) is 14.8 Å². The number of aliphatic hydroxyl groups is 1. The van der Waals surface area contributed by atoms with Crippen LogP contribution in [0.4, 0.5) is 0 Å². The highest BCUT2D eigenvalue weighted by atomic mass is 32.2. The van der Waals surface area contributed by atoms with Crippen LogP contribution in [-0.4, -0.2) is 42.7 Å². The molecule has 1 aromatic rings. The normalized spacial score (nSPS) is 14.3. The van der Waals surface area contributed by atoms with Crippen molar-refractivity contribution < 1.29 is 28.2 Å². The van der Waals surface area contributed by atoms with E-state index in [0.29, 0.717) is 0 Å². The van der Waals surface area contributed by atoms with Crippen molar-refractivity contribution in [3.05, 3.63) is 29.8 Å². The van der Waals surface area contributed by atoms with E-state index < -0.39 is 34.0 Å². The Hall–Kier alpha value is -1.97. The topological polar surface area (TPSA) is 147 Å². The molecule has 5 N–H and O–H groups in total. The van der Waals surface area contributed by atoms with Gasteiger partial charge in [-0.05, 0) is 31.2 Å². The van der Waals surface area contributed by atoms with Gasteiger partial charge in [-0.3, -0.25) is 4.79 Å². The molecule has 0 radical (unpaired) electrons. The van der Waals surface area contributed by atoms with Crippen LogP contribution in [0.1, 0.15) is 17.3 Å². The van der Waals surface area contributed by atoms with Gasteiger partial charge in [0.25, 0.3) is 5.91 Å². The second-order valence-electron chi connectivity index (χ2n) is 4.10.